The summed E-state index contributed by atoms with van der Waals surface area (Å²) in [6.45, 7) is 9.48. The Morgan fingerprint density at radius 3 is 2.00 bits per heavy atom. The van der Waals surface area contributed by atoms with Gasteiger partial charge in [-0.2, -0.15) is 0 Å². The molecule has 1 aliphatic heterocycles. The van der Waals surface area contributed by atoms with Crippen molar-refractivity contribution in [1.82, 2.24) is 5.06 Å². The van der Waals surface area contributed by atoms with Crippen LogP contribution in [0.3, 0.4) is 0 Å². The number of hydrogen-bond acceptors (Lipinski definition) is 3. The molecule has 15 heavy (non-hydrogen) atoms. The van der Waals surface area contributed by atoms with Crippen LogP contribution in [0.2, 0.25) is 0 Å². The fourth-order valence-corrected chi connectivity index (χ4v) is 2.51. The number of carbonyl (C=O) groups is 1. The second-order valence-corrected chi connectivity index (χ2v) is 5.60. The lowest BCUT2D eigenvalue weighted by molar-refractivity contribution is -0.259. The van der Waals surface area contributed by atoms with E-state index >= 15 is 0 Å². The first-order valence-electron chi connectivity index (χ1n) is 5.34. The molecule has 0 aromatic heterocycles. The third-order valence-electron chi connectivity index (χ3n) is 3.00. The van der Waals surface area contributed by atoms with Crippen LogP contribution < -0.4 is 0 Å². The van der Waals surface area contributed by atoms with Crippen molar-refractivity contribution in [3.63, 3.8) is 0 Å². The Balaban J connectivity index is 2.79. The molecule has 0 unspecified atom stereocenters. The van der Waals surface area contributed by atoms with E-state index in [0.29, 0.717) is 0 Å². The number of hydroxylamine groups is 2. The van der Waals surface area contributed by atoms with Crippen molar-refractivity contribution in [2.75, 3.05) is 0 Å². The molecule has 0 amide bonds. The van der Waals surface area contributed by atoms with Gasteiger partial charge in [-0.15, -0.1) is 0 Å². The molecule has 0 aliphatic carbocycles. The first-order chi connectivity index (χ1) is 6.65. The third kappa shape index (κ3) is 2.69. The van der Waals surface area contributed by atoms with Gasteiger partial charge in [0.15, 0.2) is 0 Å². The summed E-state index contributed by atoms with van der Waals surface area (Å²) < 4.78 is 5.26. The highest BCUT2D eigenvalue weighted by atomic mass is 16.5. The van der Waals surface area contributed by atoms with E-state index in [-0.39, 0.29) is 23.2 Å². The van der Waals surface area contributed by atoms with Gasteiger partial charge in [-0.3, -0.25) is 4.79 Å². The molecule has 4 heteroatoms. The lowest BCUT2D eigenvalue weighted by atomic mass is 9.80. The molecule has 0 saturated carbocycles. The molecule has 1 heterocycles. The maximum Gasteiger partial charge on any atom is 0.302 e. The number of carbonyl (C=O) groups excluding carboxylic acids is 1. The van der Waals surface area contributed by atoms with Gasteiger partial charge in [0.1, 0.15) is 6.10 Å². The largest absolute Gasteiger partial charge is 0.462 e. The minimum atomic E-state index is -0.248. The van der Waals surface area contributed by atoms with E-state index in [9.17, 15) is 4.79 Å². The zero-order valence-electron chi connectivity index (χ0n) is 10.3. The van der Waals surface area contributed by atoms with Crippen molar-refractivity contribution in [3.05, 3.63) is 0 Å². The van der Waals surface area contributed by atoms with Crippen LogP contribution in [-0.4, -0.2) is 33.4 Å². The van der Waals surface area contributed by atoms with Crippen LogP contribution in [0.4, 0.5) is 0 Å². The quantitative estimate of drug-likeness (QED) is 0.489. The summed E-state index contributed by atoms with van der Waals surface area (Å²) in [5.41, 5.74) is -0.496. The van der Waals surface area contributed by atoms with Crippen LogP contribution in [0.25, 0.3) is 0 Å². The van der Waals surface area contributed by atoms with E-state index in [2.05, 4.69) is 0 Å². The van der Waals surface area contributed by atoms with Gasteiger partial charge in [-0.1, -0.05) is 5.06 Å². The van der Waals surface area contributed by atoms with E-state index in [1.807, 2.05) is 27.7 Å². The topological polar surface area (TPSA) is 52.4 Å². The fourth-order valence-electron chi connectivity index (χ4n) is 2.51. The molecule has 88 valence electrons. The molecule has 4 nitrogen and oxygen atoms in total. The van der Waals surface area contributed by atoms with Gasteiger partial charge in [0.05, 0.1) is 11.1 Å². The summed E-state index contributed by atoms with van der Waals surface area (Å²) in [5.74, 6) is -0.231. The molecule has 0 aromatic carbocycles. The average Bonchev–Trinajstić information content (AvgIpc) is 1.97. The van der Waals surface area contributed by atoms with Crippen molar-refractivity contribution in [1.29, 1.82) is 0 Å². The summed E-state index contributed by atoms with van der Waals surface area (Å²) in [4.78, 5) is 10.9. The zero-order valence-corrected chi connectivity index (χ0v) is 10.3. The molecule has 1 rings (SSSR count). The van der Waals surface area contributed by atoms with Crippen molar-refractivity contribution < 1.29 is 14.7 Å². The monoisotopic (exact) mass is 216 g/mol. The van der Waals surface area contributed by atoms with Crippen LogP contribution in [0.5, 0.6) is 0 Å². The van der Waals surface area contributed by atoms with E-state index in [4.69, 9.17) is 9.94 Å². The maximum atomic E-state index is 10.9. The van der Waals surface area contributed by atoms with Gasteiger partial charge in [-0.05, 0) is 27.7 Å². The smallest absolute Gasteiger partial charge is 0.302 e. The van der Waals surface area contributed by atoms with E-state index in [1.54, 1.807) is 5.06 Å². The normalized spacial score (nSPS) is 26.3. The van der Waals surface area contributed by atoms with Crippen molar-refractivity contribution in [3.8, 4) is 0 Å². The summed E-state index contributed by atoms with van der Waals surface area (Å²) >= 11 is 0. The highest BCUT2D eigenvalue weighted by Gasteiger charge is 2.49. The van der Waals surface area contributed by atoms with Gasteiger partial charge < -0.3 is 9.94 Å². The van der Waals surface area contributed by atoms with Gasteiger partial charge >= 0.3 is 5.97 Å². The molecule has 0 spiro atoms. The first kappa shape index (κ1) is 12.5. The molecule has 0 aromatic rings. The number of rotatable bonds is 1. The lowest BCUT2D eigenvalue weighted by Crippen LogP contribution is -2.60. The van der Waals surface area contributed by atoms with Gasteiger partial charge in [-0.25, -0.2) is 0 Å². The van der Waals surface area contributed by atoms with Crippen molar-refractivity contribution in [2.24, 2.45) is 0 Å². The number of ether oxygens (including phenoxy) is 1. The summed E-state index contributed by atoms with van der Waals surface area (Å²) in [6, 6.07) is 0. The number of hydrogen-bond donors (Lipinski definition) is 0. The highest BCUT2D eigenvalue weighted by Crippen LogP contribution is 2.37. The molecule has 1 aliphatic rings. The Kier molecular flexibility index (Phi) is 3.12. The van der Waals surface area contributed by atoms with Crippen LogP contribution in [0.15, 0.2) is 0 Å². The van der Waals surface area contributed by atoms with Gasteiger partial charge in [0, 0.05) is 19.8 Å². The second-order valence-electron chi connectivity index (χ2n) is 5.60. The third-order valence-corrected chi connectivity index (χ3v) is 3.00. The SMILES string of the molecule is CC(=O)OC1CC(C)(C)N([OH2+])C(C)(C)C1. The van der Waals surface area contributed by atoms with Crippen LogP contribution in [0.1, 0.15) is 47.5 Å². The standard InChI is InChI=1S/C11H21NO3/c1-8(13)15-9-6-10(2,3)12(14)11(4,5)7-9/h9,14H,6-7H2,1-5H3/p+1. The van der Waals surface area contributed by atoms with Crippen LogP contribution in [0, 0.1) is 0 Å². The predicted octanol–water partition coefficient (Wildman–Crippen LogP) is 1.21. The second kappa shape index (κ2) is 3.76. The van der Waals surface area contributed by atoms with Gasteiger partial charge in [0.25, 0.3) is 0 Å². The first-order valence-corrected chi connectivity index (χ1v) is 5.34. The Hall–Kier alpha value is -0.610. The summed E-state index contributed by atoms with van der Waals surface area (Å²) in [7, 11) is 0. The molecule has 1 fully saturated rings. The van der Waals surface area contributed by atoms with E-state index < -0.39 is 0 Å². The number of piperidine rings is 1. The Labute approximate surface area is 91.2 Å². The van der Waals surface area contributed by atoms with Crippen molar-refractivity contribution >= 4 is 5.97 Å². The Morgan fingerprint density at radius 1 is 1.27 bits per heavy atom. The fraction of sp³-hybridized carbons (Fsp3) is 0.909. The Bertz CT molecular complexity index is 243. The predicted molar refractivity (Wildman–Crippen MR) is 58.4 cm³/mol. The number of esters is 1. The maximum absolute atomic E-state index is 10.9. The summed E-state index contributed by atoms with van der Waals surface area (Å²) in [6.07, 6.45) is 1.38. The van der Waals surface area contributed by atoms with Crippen LogP contribution >= 0.6 is 0 Å². The van der Waals surface area contributed by atoms with Gasteiger partial charge in [0.2, 0.25) is 0 Å². The molecule has 0 atom stereocenters. The lowest BCUT2D eigenvalue weighted by Gasteiger charge is -2.47. The molecule has 0 radical (unpaired) electrons. The molecule has 1 saturated heterocycles. The highest BCUT2D eigenvalue weighted by molar-refractivity contribution is 5.66. The minimum absolute atomic E-state index is 0.0610. The van der Waals surface area contributed by atoms with Crippen LogP contribution in [-0.2, 0) is 9.53 Å². The molecule has 0 bridgehead atoms. The van der Waals surface area contributed by atoms with Crippen molar-refractivity contribution in [2.45, 2.75) is 64.6 Å². The Morgan fingerprint density at radius 2 is 1.67 bits per heavy atom. The van der Waals surface area contributed by atoms with E-state index in [0.717, 1.165) is 12.8 Å². The average molecular weight is 216 g/mol. The molecular weight excluding hydrogens is 194 g/mol. The minimum Gasteiger partial charge on any atom is -0.462 e. The summed E-state index contributed by atoms with van der Waals surface area (Å²) in [5, 5.41) is 9.67. The number of nitrogens with zero attached hydrogens (tertiary/aromatic N) is 1. The zero-order chi connectivity index (χ0) is 11.9. The van der Waals surface area contributed by atoms with E-state index in [1.165, 1.54) is 6.92 Å². The molecular formula is C11H22NO3+. The molecule has 2 N–H and O–H groups in total.